The third-order valence-corrected chi connectivity index (χ3v) is 4.47. The Morgan fingerprint density at radius 2 is 2.20 bits per heavy atom. The van der Waals surface area contributed by atoms with Gasteiger partial charge in [0, 0.05) is 11.1 Å². The van der Waals surface area contributed by atoms with Crippen LogP contribution >= 0.6 is 11.3 Å². The number of nitrogens with one attached hydrogen (secondary N) is 1. The number of hydrogen-bond acceptors (Lipinski definition) is 6. The molecule has 0 aliphatic heterocycles. The Hall–Kier alpha value is -2.74. The van der Waals surface area contributed by atoms with Gasteiger partial charge in [-0.05, 0) is 26.0 Å². The summed E-state index contributed by atoms with van der Waals surface area (Å²) >= 11 is 1.48. The zero-order valence-electron chi connectivity index (χ0n) is 13.7. The van der Waals surface area contributed by atoms with Gasteiger partial charge in [-0.2, -0.15) is 0 Å². The standard InChI is InChI=1S/C17H16FN3O3S/c1-10-9-25-17(19-10)11(2)20-16(22)13-7-24-15(21-13)8-23-14-6-4-3-5-12(14)18/h3-7,9,11H,8H2,1-2H3,(H,20,22)/t11-/m1/s1. The predicted octanol–water partition coefficient (Wildman–Crippen LogP) is 3.65. The average Bonchev–Trinajstić information content (AvgIpc) is 3.23. The van der Waals surface area contributed by atoms with Crippen LogP contribution in [0.25, 0.3) is 0 Å². The minimum absolute atomic E-state index is 0.0740. The van der Waals surface area contributed by atoms with Crippen LogP contribution in [-0.4, -0.2) is 15.9 Å². The van der Waals surface area contributed by atoms with Crippen molar-refractivity contribution in [2.24, 2.45) is 0 Å². The van der Waals surface area contributed by atoms with Gasteiger partial charge >= 0.3 is 0 Å². The zero-order chi connectivity index (χ0) is 17.8. The number of carbonyl (C=O) groups is 1. The van der Waals surface area contributed by atoms with Crippen molar-refractivity contribution >= 4 is 17.2 Å². The van der Waals surface area contributed by atoms with Gasteiger partial charge in [0.1, 0.15) is 11.3 Å². The lowest BCUT2D eigenvalue weighted by molar-refractivity contribution is 0.0934. The minimum Gasteiger partial charge on any atom is -0.481 e. The van der Waals surface area contributed by atoms with E-state index in [0.717, 1.165) is 10.7 Å². The van der Waals surface area contributed by atoms with Gasteiger partial charge in [0.2, 0.25) is 5.89 Å². The van der Waals surface area contributed by atoms with Gasteiger partial charge in [-0.15, -0.1) is 11.3 Å². The summed E-state index contributed by atoms with van der Waals surface area (Å²) < 4.78 is 24.0. The number of oxazole rings is 1. The van der Waals surface area contributed by atoms with Crippen molar-refractivity contribution in [3.05, 3.63) is 64.0 Å². The third kappa shape index (κ3) is 4.21. The predicted molar refractivity (Wildman–Crippen MR) is 90.0 cm³/mol. The first-order chi connectivity index (χ1) is 12.0. The van der Waals surface area contributed by atoms with Crippen molar-refractivity contribution in [2.45, 2.75) is 26.5 Å². The molecule has 0 fully saturated rings. The molecule has 8 heteroatoms. The number of nitrogens with zero attached hydrogens (tertiary/aromatic N) is 2. The number of benzene rings is 1. The summed E-state index contributed by atoms with van der Waals surface area (Å²) in [5, 5.41) is 5.55. The number of amides is 1. The van der Waals surface area contributed by atoms with Crippen LogP contribution in [0.4, 0.5) is 4.39 Å². The van der Waals surface area contributed by atoms with Crippen molar-refractivity contribution in [3.8, 4) is 5.75 Å². The molecular weight excluding hydrogens is 345 g/mol. The molecule has 0 saturated carbocycles. The van der Waals surface area contributed by atoms with E-state index < -0.39 is 5.82 Å². The number of rotatable bonds is 6. The summed E-state index contributed by atoms with van der Waals surface area (Å²) in [6.45, 7) is 3.67. The van der Waals surface area contributed by atoms with E-state index in [1.807, 2.05) is 19.2 Å². The molecule has 0 radical (unpaired) electrons. The Bertz CT molecular complexity index is 877. The fraction of sp³-hybridized carbons (Fsp3) is 0.235. The SMILES string of the molecule is Cc1csc([C@@H](C)NC(=O)c2coc(COc3ccccc3F)n2)n1. The highest BCUT2D eigenvalue weighted by Gasteiger charge is 2.17. The van der Waals surface area contributed by atoms with Crippen molar-refractivity contribution < 1.29 is 18.3 Å². The second-order valence-corrected chi connectivity index (χ2v) is 6.26. The van der Waals surface area contributed by atoms with Gasteiger partial charge in [-0.3, -0.25) is 4.79 Å². The summed E-state index contributed by atoms with van der Waals surface area (Å²) in [6, 6.07) is 5.80. The lowest BCUT2D eigenvalue weighted by atomic mass is 10.3. The number of thiazole rings is 1. The van der Waals surface area contributed by atoms with E-state index in [4.69, 9.17) is 9.15 Å². The lowest BCUT2D eigenvalue weighted by Gasteiger charge is -2.09. The monoisotopic (exact) mass is 361 g/mol. The van der Waals surface area contributed by atoms with Crippen LogP contribution in [0.15, 0.2) is 40.3 Å². The van der Waals surface area contributed by atoms with Crippen molar-refractivity contribution in [2.75, 3.05) is 0 Å². The molecule has 1 atom stereocenters. The Morgan fingerprint density at radius 3 is 2.92 bits per heavy atom. The number of hydrogen-bond donors (Lipinski definition) is 1. The highest BCUT2D eigenvalue weighted by Crippen LogP contribution is 2.19. The molecule has 130 valence electrons. The normalized spacial score (nSPS) is 12.0. The van der Waals surface area contributed by atoms with E-state index in [9.17, 15) is 9.18 Å². The first kappa shape index (κ1) is 17.1. The molecule has 3 aromatic rings. The molecule has 1 N–H and O–H groups in total. The smallest absolute Gasteiger partial charge is 0.273 e. The molecule has 0 bridgehead atoms. The molecule has 0 aliphatic rings. The van der Waals surface area contributed by atoms with Crippen LogP contribution in [0.2, 0.25) is 0 Å². The van der Waals surface area contributed by atoms with Crippen LogP contribution in [0.1, 0.15) is 40.0 Å². The number of para-hydroxylation sites is 1. The first-order valence-corrected chi connectivity index (χ1v) is 8.45. The topological polar surface area (TPSA) is 77.2 Å². The summed E-state index contributed by atoms with van der Waals surface area (Å²) in [4.78, 5) is 20.6. The fourth-order valence-corrected chi connectivity index (χ4v) is 2.89. The van der Waals surface area contributed by atoms with Gasteiger partial charge in [0.05, 0.1) is 6.04 Å². The molecule has 2 heterocycles. The average molecular weight is 361 g/mol. The summed E-state index contributed by atoms with van der Waals surface area (Å²) in [7, 11) is 0. The van der Waals surface area contributed by atoms with Gasteiger partial charge in [-0.1, -0.05) is 12.1 Å². The molecule has 6 nitrogen and oxygen atoms in total. The maximum Gasteiger partial charge on any atom is 0.273 e. The number of carbonyl (C=O) groups excluding carboxylic acids is 1. The summed E-state index contributed by atoms with van der Waals surface area (Å²) in [5.41, 5.74) is 1.04. The molecule has 3 rings (SSSR count). The summed E-state index contributed by atoms with van der Waals surface area (Å²) in [6.07, 6.45) is 1.25. The first-order valence-electron chi connectivity index (χ1n) is 7.57. The van der Waals surface area contributed by atoms with E-state index in [2.05, 4.69) is 15.3 Å². The number of ether oxygens (including phenoxy) is 1. The second-order valence-electron chi connectivity index (χ2n) is 5.37. The van der Waals surface area contributed by atoms with Crippen LogP contribution in [0.3, 0.4) is 0 Å². The maximum absolute atomic E-state index is 13.5. The Labute approximate surface area is 147 Å². The number of aromatic nitrogens is 2. The van der Waals surface area contributed by atoms with Crippen LogP contribution in [0, 0.1) is 12.7 Å². The lowest BCUT2D eigenvalue weighted by Crippen LogP contribution is -2.26. The number of aryl methyl sites for hydroxylation is 1. The molecule has 0 saturated heterocycles. The molecular formula is C17H16FN3O3S. The molecule has 25 heavy (non-hydrogen) atoms. The minimum atomic E-state index is -0.473. The molecule has 0 spiro atoms. The zero-order valence-corrected chi connectivity index (χ0v) is 14.5. The van der Waals surface area contributed by atoms with Gasteiger partial charge in [0.15, 0.2) is 23.9 Å². The van der Waals surface area contributed by atoms with E-state index in [1.54, 1.807) is 12.1 Å². The van der Waals surface area contributed by atoms with Gasteiger partial charge in [-0.25, -0.2) is 14.4 Å². The Morgan fingerprint density at radius 1 is 1.40 bits per heavy atom. The number of halogens is 1. The molecule has 2 aromatic heterocycles. The highest BCUT2D eigenvalue weighted by atomic mass is 32.1. The van der Waals surface area contributed by atoms with Crippen molar-refractivity contribution in [1.82, 2.24) is 15.3 Å². The molecule has 1 aromatic carbocycles. The van der Waals surface area contributed by atoms with E-state index >= 15 is 0 Å². The summed E-state index contributed by atoms with van der Waals surface area (Å²) in [5.74, 6) is -0.563. The third-order valence-electron chi connectivity index (χ3n) is 3.33. The Balaban J connectivity index is 1.59. The van der Waals surface area contributed by atoms with Gasteiger partial charge in [0.25, 0.3) is 5.91 Å². The van der Waals surface area contributed by atoms with Crippen LogP contribution in [0.5, 0.6) is 5.75 Å². The highest BCUT2D eigenvalue weighted by molar-refractivity contribution is 7.09. The Kier molecular flexibility index (Phi) is 5.08. The molecule has 0 aliphatic carbocycles. The van der Waals surface area contributed by atoms with E-state index in [0.29, 0.717) is 0 Å². The van der Waals surface area contributed by atoms with Gasteiger partial charge < -0.3 is 14.5 Å². The van der Waals surface area contributed by atoms with E-state index in [-0.39, 0.29) is 35.9 Å². The quantitative estimate of drug-likeness (QED) is 0.725. The maximum atomic E-state index is 13.5. The largest absolute Gasteiger partial charge is 0.481 e. The molecule has 1 amide bonds. The molecule has 0 unspecified atom stereocenters. The van der Waals surface area contributed by atoms with Crippen molar-refractivity contribution in [3.63, 3.8) is 0 Å². The van der Waals surface area contributed by atoms with E-state index in [1.165, 1.54) is 29.7 Å². The fourth-order valence-electron chi connectivity index (χ4n) is 2.09. The van der Waals surface area contributed by atoms with Crippen molar-refractivity contribution in [1.29, 1.82) is 0 Å². The van der Waals surface area contributed by atoms with Crippen LogP contribution in [-0.2, 0) is 6.61 Å². The second kappa shape index (κ2) is 7.43. The van der Waals surface area contributed by atoms with Crippen LogP contribution < -0.4 is 10.1 Å².